The van der Waals surface area contributed by atoms with Crippen LogP contribution in [0.25, 0.3) is 0 Å². The second-order valence-corrected chi connectivity index (χ2v) is 5.97. The van der Waals surface area contributed by atoms with Crippen LogP contribution in [-0.4, -0.2) is 23.9 Å². The minimum absolute atomic E-state index is 0.188. The van der Waals surface area contributed by atoms with E-state index in [0.29, 0.717) is 12.3 Å². The SMILES string of the molecule is O=C(Cc1ccsc1)N1CC[C@@H](c2ccc(F)cc2)C1. The summed E-state index contributed by atoms with van der Waals surface area (Å²) in [6.07, 6.45) is 1.45. The molecule has 1 aliphatic heterocycles. The summed E-state index contributed by atoms with van der Waals surface area (Å²) in [5, 5.41) is 4.01. The molecule has 4 heteroatoms. The van der Waals surface area contributed by atoms with Gasteiger partial charge in [0.15, 0.2) is 0 Å². The molecule has 104 valence electrons. The van der Waals surface area contributed by atoms with Gasteiger partial charge in [-0.3, -0.25) is 4.79 Å². The van der Waals surface area contributed by atoms with E-state index >= 15 is 0 Å². The number of thiophene rings is 1. The van der Waals surface area contributed by atoms with Crippen LogP contribution < -0.4 is 0 Å². The molecule has 3 rings (SSSR count). The molecule has 0 radical (unpaired) electrons. The number of likely N-dealkylation sites (tertiary alicyclic amines) is 1. The minimum Gasteiger partial charge on any atom is -0.342 e. The van der Waals surface area contributed by atoms with Crippen molar-refractivity contribution in [1.29, 1.82) is 0 Å². The second-order valence-electron chi connectivity index (χ2n) is 5.19. The van der Waals surface area contributed by atoms with Crippen molar-refractivity contribution in [3.63, 3.8) is 0 Å². The number of hydrogen-bond acceptors (Lipinski definition) is 2. The standard InChI is InChI=1S/C16H16FNOS/c17-15-3-1-13(2-4-15)14-5-7-18(10-14)16(19)9-12-6-8-20-11-12/h1-4,6,8,11,14H,5,7,9-10H2/t14-/m1/s1. The normalized spacial score (nSPS) is 18.4. The van der Waals surface area contributed by atoms with E-state index in [1.54, 1.807) is 11.3 Å². The molecule has 0 unspecified atom stereocenters. The van der Waals surface area contributed by atoms with E-state index in [2.05, 4.69) is 0 Å². The number of carbonyl (C=O) groups excluding carboxylic acids is 1. The third-order valence-electron chi connectivity index (χ3n) is 3.82. The Morgan fingerprint density at radius 2 is 2.10 bits per heavy atom. The maximum atomic E-state index is 12.9. The molecule has 2 nitrogen and oxygen atoms in total. The van der Waals surface area contributed by atoms with E-state index in [1.807, 2.05) is 33.9 Å². The number of nitrogens with zero attached hydrogens (tertiary/aromatic N) is 1. The lowest BCUT2D eigenvalue weighted by Gasteiger charge is -2.16. The molecule has 2 aromatic rings. The minimum atomic E-state index is -0.211. The van der Waals surface area contributed by atoms with Crippen LogP contribution in [-0.2, 0) is 11.2 Å². The molecule has 2 heterocycles. The lowest BCUT2D eigenvalue weighted by molar-refractivity contribution is -0.129. The maximum Gasteiger partial charge on any atom is 0.227 e. The largest absolute Gasteiger partial charge is 0.342 e. The van der Waals surface area contributed by atoms with Crippen molar-refractivity contribution >= 4 is 17.2 Å². The number of halogens is 1. The summed E-state index contributed by atoms with van der Waals surface area (Å²) >= 11 is 1.62. The highest BCUT2D eigenvalue weighted by atomic mass is 32.1. The van der Waals surface area contributed by atoms with Gasteiger partial charge in [0, 0.05) is 19.0 Å². The number of benzene rings is 1. The van der Waals surface area contributed by atoms with Gasteiger partial charge in [0.25, 0.3) is 0 Å². The highest BCUT2D eigenvalue weighted by Crippen LogP contribution is 2.27. The maximum absolute atomic E-state index is 12.9. The highest BCUT2D eigenvalue weighted by molar-refractivity contribution is 7.07. The summed E-state index contributed by atoms with van der Waals surface area (Å²) in [5.74, 6) is 0.312. The van der Waals surface area contributed by atoms with E-state index < -0.39 is 0 Å². The predicted molar refractivity (Wildman–Crippen MR) is 78.4 cm³/mol. The Labute approximate surface area is 121 Å². The van der Waals surface area contributed by atoms with Gasteiger partial charge in [-0.25, -0.2) is 4.39 Å². The first-order valence-corrected chi connectivity index (χ1v) is 7.71. The quantitative estimate of drug-likeness (QED) is 0.847. The molecule has 1 aliphatic rings. The lowest BCUT2D eigenvalue weighted by atomic mass is 9.99. The lowest BCUT2D eigenvalue weighted by Crippen LogP contribution is -2.29. The highest BCUT2D eigenvalue weighted by Gasteiger charge is 2.27. The molecule has 0 saturated carbocycles. The zero-order valence-electron chi connectivity index (χ0n) is 11.1. The van der Waals surface area contributed by atoms with Gasteiger partial charge in [0.05, 0.1) is 6.42 Å². The number of rotatable bonds is 3. The monoisotopic (exact) mass is 289 g/mol. The first-order chi connectivity index (χ1) is 9.72. The molecule has 1 aromatic carbocycles. The molecular weight excluding hydrogens is 273 g/mol. The molecule has 20 heavy (non-hydrogen) atoms. The third-order valence-corrected chi connectivity index (χ3v) is 4.55. The molecule has 1 atom stereocenters. The molecule has 1 aromatic heterocycles. The fourth-order valence-electron chi connectivity index (χ4n) is 2.67. The number of amides is 1. The Morgan fingerprint density at radius 3 is 2.80 bits per heavy atom. The van der Waals surface area contributed by atoms with Crippen molar-refractivity contribution in [2.45, 2.75) is 18.8 Å². The van der Waals surface area contributed by atoms with Crippen molar-refractivity contribution in [3.8, 4) is 0 Å². The van der Waals surface area contributed by atoms with Gasteiger partial charge in [-0.05, 0) is 46.5 Å². The summed E-state index contributed by atoms with van der Waals surface area (Å²) in [5.41, 5.74) is 2.21. The van der Waals surface area contributed by atoms with Crippen molar-refractivity contribution in [1.82, 2.24) is 4.90 Å². The van der Waals surface area contributed by atoms with Crippen LogP contribution in [0.15, 0.2) is 41.1 Å². The Morgan fingerprint density at radius 1 is 1.30 bits per heavy atom. The van der Waals surface area contributed by atoms with Crippen LogP contribution in [0.3, 0.4) is 0 Å². The van der Waals surface area contributed by atoms with E-state index in [-0.39, 0.29) is 11.7 Å². The van der Waals surface area contributed by atoms with Crippen LogP contribution in [0.5, 0.6) is 0 Å². The zero-order chi connectivity index (χ0) is 13.9. The third kappa shape index (κ3) is 2.90. The molecule has 0 aliphatic carbocycles. The Bertz CT molecular complexity index is 579. The summed E-state index contributed by atoms with van der Waals surface area (Å²) < 4.78 is 12.9. The summed E-state index contributed by atoms with van der Waals surface area (Å²) in [6, 6.07) is 8.63. The summed E-state index contributed by atoms with van der Waals surface area (Å²) in [4.78, 5) is 14.1. The van der Waals surface area contributed by atoms with Gasteiger partial charge >= 0.3 is 0 Å². The van der Waals surface area contributed by atoms with Crippen LogP contribution in [0.1, 0.15) is 23.5 Å². The molecule has 0 bridgehead atoms. The van der Waals surface area contributed by atoms with Gasteiger partial charge in [-0.2, -0.15) is 11.3 Å². The van der Waals surface area contributed by atoms with Gasteiger partial charge in [-0.15, -0.1) is 0 Å². The van der Waals surface area contributed by atoms with E-state index in [4.69, 9.17) is 0 Å². The summed E-state index contributed by atoms with van der Waals surface area (Å²) in [6.45, 7) is 1.54. The second kappa shape index (κ2) is 5.75. The Hall–Kier alpha value is -1.68. The Kier molecular flexibility index (Phi) is 3.83. The van der Waals surface area contributed by atoms with E-state index in [0.717, 1.165) is 30.6 Å². The fourth-order valence-corrected chi connectivity index (χ4v) is 3.34. The first kappa shape index (κ1) is 13.3. The average Bonchev–Trinajstić information content (AvgIpc) is 3.10. The molecule has 1 amide bonds. The van der Waals surface area contributed by atoms with Crippen molar-refractivity contribution in [3.05, 3.63) is 58.0 Å². The van der Waals surface area contributed by atoms with Gasteiger partial charge < -0.3 is 4.90 Å². The molecule has 1 fully saturated rings. The number of hydrogen-bond donors (Lipinski definition) is 0. The molecular formula is C16H16FNOS. The Balaban J connectivity index is 1.61. The zero-order valence-corrected chi connectivity index (χ0v) is 11.9. The van der Waals surface area contributed by atoms with Crippen LogP contribution in [0, 0.1) is 5.82 Å². The number of carbonyl (C=O) groups is 1. The molecule has 0 N–H and O–H groups in total. The van der Waals surface area contributed by atoms with Gasteiger partial charge in [-0.1, -0.05) is 12.1 Å². The van der Waals surface area contributed by atoms with Crippen molar-refractivity contribution < 1.29 is 9.18 Å². The van der Waals surface area contributed by atoms with Crippen LogP contribution in [0.2, 0.25) is 0 Å². The van der Waals surface area contributed by atoms with Crippen LogP contribution in [0.4, 0.5) is 4.39 Å². The smallest absolute Gasteiger partial charge is 0.227 e. The summed E-state index contributed by atoms with van der Waals surface area (Å²) in [7, 11) is 0. The van der Waals surface area contributed by atoms with Gasteiger partial charge in [0.1, 0.15) is 5.82 Å². The van der Waals surface area contributed by atoms with Crippen LogP contribution >= 0.6 is 11.3 Å². The average molecular weight is 289 g/mol. The van der Waals surface area contributed by atoms with E-state index in [9.17, 15) is 9.18 Å². The van der Waals surface area contributed by atoms with Gasteiger partial charge in [0.2, 0.25) is 5.91 Å². The molecule has 1 saturated heterocycles. The first-order valence-electron chi connectivity index (χ1n) is 6.76. The predicted octanol–water partition coefficient (Wildman–Crippen LogP) is 3.45. The topological polar surface area (TPSA) is 20.3 Å². The fraction of sp³-hybridized carbons (Fsp3) is 0.312. The van der Waals surface area contributed by atoms with Crippen molar-refractivity contribution in [2.75, 3.05) is 13.1 Å². The molecule has 0 spiro atoms. The van der Waals surface area contributed by atoms with Crippen molar-refractivity contribution in [2.24, 2.45) is 0 Å². The van der Waals surface area contributed by atoms with E-state index in [1.165, 1.54) is 12.1 Å².